The predicted octanol–water partition coefficient (Wildman–Crippen LogP) is 0.375. The molecule has 1 aliphatic heterocycles. The molecule has 1 fully saturated rings. The number of methoxy groups -OCH3 is 1. The van der Waals surface area contributed by atoms with E-state index in [1.54, 1.807) is 7.11 Å². The third-order valence-corrected chi connectivity index (χ3v) is 2.08. The van der Waals surface area contributed by atoms with Crippen LogP contribution < -0.4 is 5.32 Å². The van der Waals surface area contributed by atoms with Crippen LogP contribution in [0.15, 0.2) is 0 Å². The molecule has 0 aliphatic carbocycles. The maximum Gasteiger partial charge on any atom is 0.146 e. The van der Waals surface area contributed by atoms with Crippen molar-refractivity contribution in [2.45, 2.75) is 18.9 Å². The maximum atomic E-state index is 5.32. The third-order valence-electron chi connectivity index (χ3n) is 2.08. The molecule has 0 aromatic heterocycles. The summed E-state index contributed by atoms with van der Waals surface area (Å²) >= 11 is 0. The molecule has 0 bridgehead atoms. The SMILES string of the molecule is COCCOCOCC1CCCN1. The van der Waals surface area contributed by atoms with Gasteiger partial charge in [0, 0.05) is 13.2 Å². The molecule has 1 aliphatic rings. The van der Waals surface area contributed by atoms with Crippen molar-refractivity contribution in [2.75, 3.05) is 40.3 Å². The molecular formula is C9H19NO3. The second-order valence-corrected chi connectivity index (χ2v) is 3.18. The lowest BCUT2D eigenvalue weighted by molar-refractivity contribution is -0.0698. The monoisotopic (exact) mass is 189 g/mol. The van der Waals surface area contributed by atoms with E-state index in [4.69, 9.17) is 14.2 Å². The normalized spacial score (nSPS) is 22.4. The molecule has 0 aromatic rings. The lowest BCUT2D eigenvalue weighted by atomic mass is 10.2. The van der Waals surface area contributed by atoms with E-state index in [9.17, 15) is 0 Å². The van der Waals surface area contributed by atoms with Crippen LogP contribution in [0.25, 0.3) is 0 Å². The molecule has 1 atom stereocenters. The molecule has 0 amide bonds. The summed E-state index contributed by atoms with van der Waals surface area (Å²) in [4.78, 5) is 0. The fourth-order valence-electron chi connectivity index (χ4n) is 1.35. The van der Waals surface area contributed by atoms with Crippen molar-refractivity contribution in [3.8, 4) is 0 Å². The van der Waals surface area contributed by atoms with Crippen LogP contribution in [0.1, 0.15) is 12.8 Å². The lowest BCUT2D eigenvalue weighted by Gasteiger charge is -2.10. The van der Waals surface area contributed by atoms with Gasteiger partial charge in [-0.05, 0) is 19.4 Å². The summed E-state index contributed by atoms with van der Waals surface area (Å²) in [6, 6.07) is 0.533. The van der Waals surface area contributed by atoms with Gasteiger partial charge in [-0.15, -0.1) is 0 Å². The van der Waals surface area contributed by atoms with Crippen molar-refractivity contribution >= 4 is 0 Å². The van der Waals surface area contributed by atoms with Crippen LogP contribution in [0.4, 0.5) is 0 Å². The molecule has 1 N–H and O–H groups in total. The highest BCUT2D eigenvalue weighted by molar-refractivity contribution is 4.72. The van der Waals surface area contributed by atoms with E-state index in [-0.39, 0.29) is 0 Å². The molecule has 1 rings (SSSR count). The van der Waals surface area contributed by atoms with Crippen molar-refractivity contribution in [3.05, 3.63) is 0 Å². The van der Waals surface area contributed by atoms with Gasteiger partial charge in [-0.3, -0.25) is 0 Å². The Kier molecular flexibility index (Phi) is 6.10. The van der Waals surface area contributed by atoms with E-state index in [0.29, 0.717) is 26.0 Å². The molecule has 1 heterocycles. The molecular weight excluding hydrogens is 170 g/mol. The standard InChI is InChI=1S/C9H19NO3/c1-11-5-6-12-8-13-7-9-3-2-4-10-9/h9-10H,2-8H2,1H3. The zero-order chi connectivity index (χ0) is 9.36. The van der Waals surface area contributed by atoms with Crippen LogP contribution in [0, 0.1) is 0 Å². The first-order chi connectivity index (χ1) is 6.43. The average molecular weight is 189 g/mol. The van der Waals surface area contributed by atoms with Crippen molar-refractivity contribution in [2.24, 2.45) is 0 Å². The average Bonchev–Trinajstić information content (AvgIpc) is 2.63. The lowest BCUT2D eigenvalue weighted by Crippen LogP contribution is -2.27. The molecule has 78 valence electrons. The van der Waals surface area contributed by atoms with Crippen LogP contribution in [0.5, 0.6) is 0 Å². The highest BCUT2D eigenvalue weighted by Crippen LogP contribution is 2.04. The Labute approximate surface area is 79.5 Å². The Morgan fingerprint density at radius 1 is 1.31 bits per heavy atom. The largest absolute Gasteiger partial charge is 0.382 e. The van der Waals surface area contributed by atoms with Crippen molar-refractivity contribution in [3.63, 3.8) is 0 Å². The molecule has 0 saturated carbocycles. The summed E-state index contributed by atoms with van der Waals surface area (Å²) in [5, 5.41) is 3.35. The third kappa shape index (κ3) is 5.21. The van der Waals surface area contributed by atoms with Crippen molar-refractivity contribution in [1.82, 2.24) is 5.32 Å². The van der Waals surface area contributed by atoms with Crippen LogP contribution in [-0.4, -0.2) is 46.3 Å². The van der Waals surface area contributed by atoms with E-state index in [2.05, 4.69) is 5.32 Å². The number of rotatable bonds is 7. The molecule has 13 heavy (non-hydrogen) atoms. The van der Waals surface area contributed by atoms with E-state index in [1.807, 2.05) is 0 Å². The Bertz CT molecular complexity index is 115. The summed E-state index contributed by atoms with van der Waals surface area (Å²) < 4.78 is 15.3. The fourth-order valence-corrected chi connectivity index (χ4v) is 1.35. The first-order valence-electron chi connectivity index (χ1n) is 4.81. The zero-order valence-corrected chi connectivity index (χ0v) is 8.25. The van der Waals surface area contributed by atoms with Gasteiger partial charge in [0.15, 0.2) is 0 Å². The second kappa shape index (κ2) is 7.26. The number of ether oxygens (including phenoxy) is 3. The number of nitrogens with one attached hydrogen (secondary N) is 1. The van der Waals surface area contributed by atoms with Gasteiger partial charge in [0.25, 0.3) is 0 Å². The second-order valence-electron chi connectivity index (χ2n) is 3.18. The van der Waals surface area contributed by atoms with Gasteiger partial charge in [-0.1, -0.05) is 0 Å². The number of hydrogen-bond acceptors (Lipinski definition) is 4. The Hall–Kier alpha value is -0.160. The van der Waals surface area contributed by atoms with Gasteiger partial charge in [-0.25, -0.2) is 0 Å². The van der Waals surface area contributed by atoms with E-state index >= 15 is 0 Å². The zero-order valence-electron chi connectivity index (χ0n) is 8.25. The van der Waals surface area contributed by atoms with E-state index < -0.39 is 0 Å². The first kappa shape index (κ1) is 10.9. The summed E-state index contributed by atoms with van der Waals surface area (Å²) in [7, 11) is 1.66. The van der Waals surface area contributed by atoms with Crippen LogP contribution in [0.2, 0.25) is 0 Å². The highest BCUT2D eigenvalue weighted by Gasteiger charge is 2.13. The van der Waals surface area contributed by atoms with Gasteiger partial charge in [0.05, 0.1) is 19.8 Å². The quantitative estimate of drug-likeness (QED) is 0.464. The Morgan fingerprint density at radius 2 is 2.23 bits per heavy atom. The minimum absolute atomic E-state index is 0.377. The first-order valence-corrected chi connectivity index (χ1v) is 4.81. The van der Waals surface area contributed by atoms with Crippen LogP contribution >= 0.6 is 0 Å². The van der Waals surface area contributed by atoms with E-state index in [1.165, 1.54) is 12.8 Å². The highest BCUT2D eigenvalue weighted by atomic mass is 16.7. The molecule has 0 aromatic carbocycles. The Morgan fingerprint density at radius 3 is 2.92 bits per heavy atom. The maximum absolute atomic E-state index is 5.32. The minimum Gasteiger partial charge on any atom is -0.382 e. The van der Waals surface area contributed by atoms with Gasteiger partial charge in [0.1, 0.15) is 6.79 Å². The fraction of sp³-hybridized carbons (Fsp3) is 1.00. The van der Waals surface area contributed by atoms with Gasteiger partial charge < -0.3 is 19.5 Å². The van der Waals surface area contributed by atoms with Crippen molar-refractivity contribution < 1.29 is 14.2 Å². The van der Waals surface area contributed by atoms with Gasteiger partial charge in [0.2, 0.25) is 0 Å². The van der Waals surface area contributed by atoms with Gasteiger partial charge in [-0.2, -0.15) is 0 Å². The number of hydrogen-bond donors (Lipinski definition) is 1. The topological polar surface area (TPSA) is 39.7 Å². The smallest absolute Gasteiger partial charge is 0.146 e. The molecule has 1 unspecified atom stereocenters. The van der Waals surface area contributed by atoms with E-state index in [0.717, 1.165) is 13.2 Å². The van der Waals surface area contributed by atoms with Crippen LogP contribution in [0.3, 0.4) is 0 Å². The van der Waals surface area contributed by atoms with Gasteiger partial charge >= 0.3 is 0 Å². The minimum atomic E-state index is 0.377. The van der Waals surface area contributed by atoms with Crippen LogP contribution in [-0.2, 0) is 14.2 Å². The summed E-state index contributed by atoms with van der Waals surface area (Å²) in [6.07, 6.45) is 2.48. The molecule has 0 radical (unpaired) electrons. The summed E-state index contributed by atoms with van der Waals surface area (Å²) in [5.41, 5.74) is 0. The van der Waals surface area contributed by atoms with Crippen molar-refractivity contribution in [1.29, 1.82) is 0 Å². The molecule has 4 nitrogen and oxygen atoms in total. The molecule has 4 heteroatoms. The predicted molar refractivity (Wildman–Crippen MR) is 49.7 cm³/mol. The summed E-state index contributed by atoms with van der Waals surface area (Å²) in [5.74, 6) is 0. The Balaban J connectivity index is 1.78. The molecule has 1 saturated heterocycles. The summed E-state index contributed by atoms with van der Waals surface area (Å²) in [6.45, 7) is 3.49. The molecule has 0 spiro atoms.